The molecule has 3 heterocycles. The normalized spacial score (nSPS) is 26.5. The lowest BCUT2D eigenvalue weighted by Gasteiger charge is -2.35. The highest BCUT2D eigenvalue weighted by Gasteiger charge is 2.28. The van der Waals surface area contributed by atoms with Crippen molar-refractivity contribution in [2.75, 3.05) is 13.1 Å². The third kappa shape index (κ3) is 2.98. The Morgan fingerprint density at radius 1 is 1.43 bits per heavy atom. The summed E-state index contributed by atoms with van der Waals surface area (Å²) in [6.45, 7) is 5.10. The molecule has 1 saturated heterocycles. The van der Waals surface area contributed by atoms with Crippen LogP contribution in [0, 0.1) is 5.92 Å². The third-order valence-electron chi connectivity index (χ3n) is 5.10. The number of nitrogens with zero attached hydrogens (tertiary/aromatic N) is 3. The Bertz CT molecular complexity index is 512. The van der Waals surface area contributed by atoms with Gasteiger partial charge in [0, 0.05) is 30.9 Å². The summed E-state index contributed by atoms with van der Waals surface area (Å²) in [5.41, 5.74) is 1.21. The first-order chi connectivity index (χ1) is 10.2. The maximum atomic E-state index is 11.2. The van der Waals surface area contributed by atoms with Crippen molar-refractivity contribution in [1.29, 1.82) is 0 Å². The molecule has 0 aliphatic carbocycles. The zero-order valence-electron chi connectivity index (χ0n) is 12.8. The average molecular weight is 291 g/mol. The van der Waals surface area contributed by atoms with Gasteiger partial charge in [-0.3, -0.25) is 4.79 Å². The number of carboxylic acid groups (broad SMARTS) is 1. The smallest absolute Gasteiger partial charge is 0.308 e. The van der Waals surface area contributed by atoms with Crippen LogP contribution in [0.15, 0.2) is 6.20 Å². The van der Waals surface area contributed by atoms with Crippen molar-refractivity contribution in [3.8, 4) is 0 Å². The third-order valence-corrected chi connectivity index (χ3v) is 5.10. The van der Waals surface area contributed by atoms with Gasteiger partial charge in [0.25, 0.3) is 0 Å². The van der Waals surface area contributed by atoms with Gasteiger partial charge in [0.2, 0.25) is 0 Å². The Hall–Kier alpha value is -1.36. The van der Waals surface area contributed by atoms with Gasteiger partial charge in [-0.1, -0.05) is 13.3 Å². The van der Waals surface area contributed by atoms with Gasteiger partial charge in [0.1, 0.15) is 5.82 Å². The summed E-state index contributed by atoms with van der Waals surface area (Å²) in [6, 6.07) is 0.570. The molecule has 1 aromatic heterocycles. The number of hydrogen-bond acceptors (Lipinski definition) is 3. The summed E-state index contributed by atoms with van der Waals surface area (Å²) in [4.78, 5) is 18.4. The number of carbonyl (C=O) groups is 1. The van der Waals surface area contributed by atoms with Crippen molar-refractivity contribution in [2.45, 2.75) is 58.0 Å². The summed E-state index contributed by atoms with van der Waals surface area (Å²) < 4.78 is 2.17. The maximum absolute atomic E-state index is 11.2. The van der Waals surface area contributed by atoms with Crippen molar-refractivity contribution in [2.24, 2.45) is 5.92 Å². The maximum Gasteiger partial charge on any atom is 0.308 e. The Labute approximate surface area is 126 Å². The molecule has 3 rings (SSSR count). The molecule has 2 unspecified atom stereocenters. The summed E-state index contributed by atoms with van der Waals surface area (Å²) in [5, 5.41) is 9.25. The fourth-order valence-electron chi connectivity index (χ4n) is 3.79. The number of aliphatic carboxylic acids is 1. The standard InChI is InChI=1S/C16H25N3O2/c1-2-18-8-4-3-5-13(18)9-15-17-10-14-7-6-12(16(20)21)11-19(14)15/h10,12-13H,2-9,11H2,1H3,(H,20,21). The number of piperidine rings is 1. The SMILES string of the molecule is CCN1CCCCC1Cc1ncc2n1CC(C(=O)O)CC2. The molecule has 2 aliphatic rings. The average Bonchev–Trinajstić information content (AvgIpc) is 2.90. The number of likely N-dealkylation sites (N-methyl/N-ethyl adjacent to an activating group) is 1. The second kappa shape index (κ2) is 6.18. The molecule has 0 radical (unpaired) electrons. The molecule has 0 amide bonds. The van der Waals surface area contributed by atoms with Gasteiger partial charge in [0.05, 0.1) is 5.92 Å². The summed E-state index contributed by atoms with van der Waals surface area (Å²) in [6.07, 6.45) is 8.32. The van der Waals surface area contributed by atoms with E-state index >= 15 is 0 Å². The van der Waals surface area contributed by atoms with E-state index in [2.05, 4.69) is 21.4 Å². The number of aromatic nitrogens is 2. The summed E-state index contributed by atoms with van der Waals surface area (Å²) in [7, 11) is 0. The quantitative estimate of drug-likeness (QED) is 0.921. The van der Waals surface area contributed by atoms with E-state index < -0.39 is 5.97 Å². The van der Waals surface area contributed by atoms with Crippen LogP contribution in [0.4, 0.5) is 0 Å². The Morgan fingerprint density at radius 3 is 3.05 bits per heavy atom. The van der Waals surface area contributed by atoms with Gasteiger partial charge >= 0.3 is 5.97 Å². The zero-order chi connectivity index (χ0) is 14.8. The fraction of sp³-hybridized carbons (Fsp3) is 0.750. The predicted molar refractivity (Wildman–Crippen MR) is 80.3 cm³/mol. The number of fused-ring (bicyclic) bond motifs is 1. The van der Waals surface area contributed by atoms with Crippen LogP contribution in [-0.2, 0) is 24.2 Å². The fourth-order valence-corrected chi connectivity index (χ4v) is 3.79. The van der Waals surface area contributed by atoms with Crippen molar-refractivity contribution in [3.05, 3.63) is 17.7 Å². The van der Waals surface area contributed by atoms with E-state index in [0.717, 1.165) is 31.6 Å². The first kappa shape index (κ1) is 14.6. The summed E-state index contributed by atoms with van der Waals surface area (Å²) >= 11 is 0. The molecular formula is C16H25N3O2. The van der Waals surface area contributed by atoms with Crippen LogP contribution in [0.1, 0.15) is 44.1 Å². The highest BCUT2D eigenvalue weighted by atomic mass is 16.4. The molecule has 1 aromatic rings. The van der Waals surface area contributed by atoms with E-state index in [1.807, 2.05) is 6.20 Å². The van der Waals surface area contributed by atoms with E-state index in [1.54, 1.807) is 0 Å². The van der Waals surface area contributed by atoms with Crippen LogP contribution in [0.2, 0.25) is 0 Å². The van der Waals surface area contributed by atoms with E-state index in [-0.39, 0.29) is 5.92 Å². The lowest BCUT2D eigenvalue weighted by Crippen LogP contribution is -2.41. The molecule has 2 atom stereocenters. The number of rotatable bonds is 4. The minimum atomic E-state index is -0.673. The second-order valence-corrected chi connectivity index (χ2v) is 6.33. The molecule has 116 valence electrons. The van der Waals surface area contributed by atoms with Crippen molar-refractivity contribution in [1.82, 2.24) is 14.5 Å². The lowest BCUT2D eigenvalue weighted by atomic mass is 9.97. The number of aryl methyl sites for hydroxylation is 1. The largest absolute Gasteiger partial charge is 0.481 e. The molecule has 5 nitrogen and oxygen atoms in total. The molecular weight excluding hydrogens is 266 g/mol. The van der Waals surface area contributed by atoms with E-state index in [9.17, 15) is 9.90 Å². The highest BCUT2D eigenvalue weighted by molar-refractivity contribution is 5.70. The monoisotopic (exact) mass is 291 g/mol. The molecule has 1 fully saturated rings. The van der Waals surface area contributed by atoms with Gasteiger partial charge in [-0.15, -0.1) is 0 Å². The van der Waals surface area contributed by atoms with Crippen LogP contribution in [0.25, 0.3) is 0 Å². The van der Waals surface area contributed by atoms with E-state index in [4.69, 9.17) is 0 Å². The topological polar surface area (TPSA) is 58.4 Å². The number of imidazole rings is 1. The molecule has 1 N–H and O–H groups in total. The summed E-state index contributed by atoms with van der Waals surface area (Å²) in [5.74, 6) is 0.161. The van der Waals surface area contributed by atoms with Gasteiger partial charge in [-0.25, -0.2) is 4.98 Å². The van der Waals surface area contributed by atoms with E-state index in [1.165, 1.54) is 31.5 Å². The Balaban J connectivity index is 1.75. The predicted octanol–water partition coefficient (Wildman–Crippen LogP) is 1.95. The number of likely N-dealkylation sites (tertiary alicyclic amines) is 1. The molecule has 5 heteroatoms. The van der Waals surface area contributed by atoms with Crippen LogP contribution >= 0.6 is 0 Å². The Morgan fingerprint density at radius 2 is 2.29 bits per heavy atom. The van der Waals surface area contributed by atoms with Gasteiger partial charge < -0.3 is 14.6 Å². The zero-order valence-corrected chi connectivity index (χ0v) is 12.8. The molecule has 0 aromatic carbocycles. The minimum Gasteiger partial charge on any atom is -0.481 e. The van der Waals surface area contributed by atoms with Crippen LogP contribution in [-0.4, -0.2) is 44.7 Å². The lowest BCUT2D eigenvalue weighted by molar-refractivity contribution is -0.142. The minimum absolute atomic E-state index is 0.251. The first-order valence-corrected chi connectivity index (χ1v) is 8.19. The van der Waals surface area contributed by atoms with E-state index in [0.29, 0.717) is 12.6 Å². The molecule has 0 bridgehead atoms. The van der Waals surface area contributed by atoms with Gasteiger partial charge in [-0.05, 0) is 38.8 Å². The second-order valence-electron chi connectivity index (χ2n) is 6.33. The van der Waals surface area contributed by atoms with Crippen LogP contribution in [0.5, 0.6) is 0 Å². The molecule has 21 heavy (non-hydrogen) atoms. The molecule has 2 aliphatic heterocycles. The molecule has 0 spiro atoms. The van der Waals surface area contributed by atoms with Crippen LogP contribution in [0.3, 0.4) is 0 Å². The molecule has 0 saturated carbocycles. The van der Waals surface area contributed by atoms with Gasteiger partial charge in [-0.2, -0.15) is 0 Å². The Kier molecular flexibility index (Phi) is 4.29. The van der Waals surface area contributed by atoms with Crippen LogP contribution < -0.4 is 0 Å². The first-order valence-electron chi connectivity index (χ1n) is 8.19. The highest BCUT2D eigenvalue weighted by Crippen LogP contribution is 2.25. The van der Waals surface area contributed by atoms with Crippen molar-refractivity contribution in [3.63, 3.8) is 0 Å². The van der Waals surface area contributed by atoms with Crippen molar-refractivity contribution < 1.29 is 9.90 Å². The number of carboxylic acids is 1. The van der Waals surface area contributed by atoms with Gasteiger partial charge in [0.15, 0.2) is 0 Å². The van der Waals surface area contributed by atoms with Crippen molar-refractivity contribution >= 4 is 5.97 Å². The number of hydrogen-bond donors (Lipinski definition) is 1.